The first-order chi connectivity index (χ1) is 14.1. The molecule has 1 aliphatic heterocycles. The van der Waals surface area contributed by atoms with Gasteiger partial charge in [-0.05, 0) is 48.6 Å². The van der Waals surface area contributed by atoms with Gasteiger partial charge in [-0.25, -0.2) is 4.68 Å². The Morgan fingerprint density at radius 3 is 2.45 bits per heavy atom. The van der Waals surface area contributed by atoms with Crippen LogP contribution in [0.5, 0.6) is 11.5 Å². The summed E-state index contributed by atoms with van der Waals surface area (Å²) >= 11 is 5.02. The molecule has 7 nitrogen and oxygen atoms in total. The lowest BCUT2D eigenvalue weighted by Gasteiger charge is -2.09. The fourth-order valence-electron chi connectivity index (χ4n) is 3.05. The summed E-state index contributed by atoms with van der Waals surface area (Å²) in [5.74, 6) is 0.942. The molecule has 8 heteroatoms. The quantitative estimate of drug-likeness (QED) is 0.501. The van der Waals surface area contributed by atoms with Gasteiger partial charge in [0.1, 0.15) is 11.4 Å². The Balaban J connectivity index is 1.86. The summed E-state index contributed by atoms with van der Waals surface area (Å²) in [6.45, 7) is 0. The van der Waals surface area contributed by atoms with Gasteiger partial charge in [-0.15, -0.1) is 0 Å². The fraction of sp³-hybridized carbons (Fsp3) is 0.0952. The zero-order valence-corrected chi connectivity index (χ0v) is 16.6. The second kappa shape index (κ2) is 7.76. The molecule has 29 heavy (non-hydrogen) atoms. The standard InChI is InChI=1S/C21H18N4O3S/c1-27-17-9-8-13(11-18(17)28-2)19-14(10-16-20(26)23-21(29)22-16)12-25(24-19)15-6-4-3-5-7-15/h3-12H,1-2H3,(H2,22,23,26,29)/b16-10-. The van der Waals surface area contributed by atoms with E-state index in [0.717, 1.165) is 16.8 Å². The number of rotatable bonds is 5. The molecule has 1 aliphatic rings. The van der Waals surface area contributed by atoms with Crippen LogP contribution in [0.4, 0.5) is 0 Å². The summed E-state index contributed by atoms with van der Waals surface area (Å²) in [6.07, 6.45) is 3.60. The van der Waals surface area contributed by atoms with Crippen LogP contribution < -0.4 is 20.1 Å². The van der Waals surface area contributed by atoms with E-state index in [-0.39, 0.29) is 11.0 Å². The van der Waals surface area contributed by atoms with Crippen molar-refractivity contribution in [3.05, 3.63) is 66.0 Å². The molecule has 1 fully saturated rings. The van der Waals surface area contributed by atoms with Crippen molar-refractivity contribution >= 4 is 29.3 Å². The Morgan fingerprint density at radius 1 is 1.03 bits per heavy atom. The normalized spacial score (nSPS) is 14.6. The second-order valence-electron chi connectivity index (χ2n) is 6.25. The summed E-state index contributed by atoms with van der Waals surface area (Å²) in [7, 11) is 3.17. The Hall–Kier alpha value is -3.65. The molecule has 1 aromatic heterocycles. The number of hydrogen-bond acceptors (Lipinski definition) is 5. The molecule has 146 valence electrons. The molecule has 4 rings (SSSR count). The third-order valence-electron chi connectivity index (χ3n) is 4.44. The van der Waals surface area contributed by atoms with Crippen LogP contribution in [0, 0.1) is 0 Å². The largest absolute Gasteiger partial charge is 0.493 e. The molecule has 2 N–H and O–H groups in total. The number of methoxy groups -OCH3 is 2. The number of ether oxygens (including phenoxy) is 2. The molecule has 0 atom stereocenters. The average Bonchev–Trinajstić information content (AvgIpc) is 3.31. The Morgan fingerprint density at radius 2 is 1.79 bits per heavy atom. The van der Waals surface area contributed by atoms with Crippen molar-refractivity contribution in [2.45, 2.75) is 0 Å². The molecule has 0 spiro atoms. The number of nitrogens with zero attached hydrogens (tertiary/aromatic N) is 2. The van der Waals surface area contributed by atoms with Gasteiger partial charge in [0.05, 0.1) is 19.9 Å². The highest BCUT2D eigenvalue weighted by atomic mass is 32.1. The Kier molecular flexibility index (Phi) is 5.01. The molecule has 1 amide bonds. The number of carbonyl (C=O) groups excluding carboxylic acids is 1. The molecule has 0 saturated carbocycles. The summed E-state index contributed by atoms with van der Waals surface area (Å²) in [4.78, 5) is 12.1. The first kappa shape index (κ1) is 18.7. The monoisotopic (exact) mass is 406 g/mol. The van der Waals surface area contributed by atoms with Crippen molar-refractivity contribution < 1.29 is 14.3 Å². The van der Waals surface area contributed by atoms with E-state index in [0.29, 0.717) is 22.9 Å². The molecule has 2 heterocycles. The fourth-order valence-corrected chi connectivity index (χ4v) is 3.25. The molecule has 0 bridgehead atoms. The van der Waals surface area contributed by atoms with Crippen LogP contribution >= 0.6 is 12.2 Å². The minimum absolute atomic E-state index is 0.277. The van der Waals surface area contributed by atoms with Crippen molar-refractivity contribution in [3.63, 3.8) is 0 Å². The topological polar surface area (TPSA) is 77.4 Å². The predicted octanol–water partition coefficient (Wildman–Crippen LogP) is 2.90. The van der Waals surface area contributed by atoms with E-state index in [4.69, 9.17) is 26.8 Å². The van der Waals surface area contributed by atoms with Gasteiger partial charge in [0.25, 0.3) is 5.91 Å². The summed E-state index contributed by atoms with van der Waals surface area (Å²) in [5.41, 5.74) is 3.53. The van der Waals surface area contributed by atoms with Crippen LogP contribution in [-0.2, 0) is 4.79 Å². The first-order valence-corrected chi connectivity index (χ1v) is 9.21. The molecule has 3 aromatic rings. The number of para-hydroxylation sites is 1. The molecular weight excluding hydrogens is 388 g/mol. The number of thiocarbonyl (C=S) groups is 1. The van der Waals surface area contributed by atoms with Gasteiger partial charge < -0.3 is 14.8 Å². The third kappa shape index (κ3) is 3.70. The van der Waals surface area contributed by atoms with E-state index in [1.165, 1.54) is 0 Å². The molecule has 0 aliphatic carbocycles. The number of carbonyl (C=O) groups is 1. The van der Waals surface area contributed by atoms with Crippen LogP contribution in [0.2, 0.25) is 0 Å². The molecular formula is C21H18N4O3S. The zero-order valence-electron chi connectivity index (χ0n) is 15.8. The minimum atomic E-state index is -0.277. The average molecular weight is 406 g/mol. The molecule has 2 aromatic carbocycles. The second-order valence-corrected chi connectivity index (χ2v) is 6.66. The van der Waals surface area contributed by atoms with Crippen molar-refractivity contribution in [1.82, 2.24) is 20.4 Å². The van der Waals surface area contributed by atoms with Gasteiger partial charge >= 0.3 is 0 Å². The molecule has 1 saturated heterocycles. The first-order valence-electron chi connectivity index (χ1n) is 8.80. The number of amides is 1. The predicted molar refractivity (Wildman–Crippen MR) is 114 cm³/mol. The highest BCUT2D eigenvalue weighted by molar-refractivity contribution is 7.80. The minimum Gasteiger partial charge on any atom is -0.493 e. The summed E-state index contributed by atoms with van der Waals surface area (Å²) in [5, 5.41) is 10.5. The Bertz CT molecular complexity index is 1120. The summed E-state index contributed by atoms with van der Waals surface area (Å²) in [6, 6.07) is 15.3. The van der Waals surface area contributed by atoms with Gasteiger partial charge in [-0.3, -0.25) is 10.1 Å². The van der Waals surface area contributed by atoms with Gasteiger partial charge in [0, 0.05) is 17.3 Å². The van der Waals surface area contributed by atoms with E-state index >= 15 is 0 Å². The van der Waals surface area contributed by atoms with Crippen LogP contribution in [-0.4, -0.2) is 35.0 Å². The zero-order chi connectivity index (χ0) is 20.4. The maximum Gasteiger partial charge on any atom is 0.273 e. The van der Waals surface area contributed by atoms with E-state index in [1.807, 2.05) is 54.7 Å². The summed E-state index contributed by atoms with van der Waals surface area (Å²) < 4.78 is 12.5. The van der Waals surface area contributed by atoms with Crippen molar-refractivity contribution in [1.29, 1.82) is 0 Å². The lowest BCUT2D eigenvalue weighted by Crippen LogP contribution is -2.21. The lowest BCUT2D eigenvalue weighted by atomic mass is 10.1. The lowest BCUT2D eigenvalue weighted by molar-refractivity contribution is -0.115. The van der Waals surface area contributed by atoms with Gasteiger partial charge in [0.15, 0.2) is 16.6 Å². The van der Waals surface area contributed by atoms with E-state index in [1.54, 1.807) is 25.0 Å². The van der Waals surface area contributed by atoms with Crippen LogP contribution in [0.3, 0.4) is 0 Å². The van der Waals surface area contributed by atoms with E-state index < -0.39 is 0 Å². The van der Waals surface area contributed by atoms with Crippen molar-refractivity contribution in [2.24, 2.45) is 0 Å². The van der Waals surface area contributed by atoms with Crippen molar-refractivity contribution in [3.8, 4) is 28.4 Å². The maximum absolute atomic E-state index is 12.1. The maximum atomic E-state index is 12.1. The number of hydrogen-bond donors (Lipinski definition) is 2. The number of nitrogens with one attached hydrogen (secondary N) is 2. The third-order valence-corrected chi connectivity index (χ3v) is 4.64. The molecule has 0 radical (unpaired) electrons. The smallest absolute Gasteiger partial charge is 0.273 e. The highest BCUT2D eigenvalue weighted by Crippen LogP contribution is 2.34. The van der Waals surface area contributed by atoms with Gasteiger partial charge in [0.2, 0.25) is 0 Å². The van der Waals surface area contributed by atoms with Crippen LogP contribution in [0.25, 0.3) is 23.0 Å². The van der Waals surface area contributed by atoms with Crippen molar-refractivity contribution in [2.75, 3.05) is 14.2 Å². The molecule has 0 unspecified atom stereocenters. The van der Waals surface area contributed by atoms with E-state index in [9.17, 15) is 4.79 Å². The Labute approximate surface area is 172 Å². The van der Waals surface area contributed by atoms with Gasteiger partial charge in [-0.1, -0.05) is 18.2 Å². The highest BCUT2D eigenvalue weighted by Gasteiger charge is 2.22. The number of benzene rings is 2. The number of aromatic nitrogens is 2. The van der Waals surface area contributed by atoms with E-state index in [2.05, 4.69) is 10.6 Å². The van der Waals surface area contributed by atoms with Crippen LogP contribution in [0.1, 0.15) is 5.56 Å². The van der Waals surface area contributed by atoms with Crippen LogP contribution in [0.15, 0.2) is 60.4 Å². The SMILES string of the molecule is COc1ccc(-c2nn(-c3ccccc3)cc2/C=C2\NC(=S)NC2=O)cc1OC. The van der Waals surface area contributed by atoms with Gasteiger partial charge in [-0.2, -0.15) is 5.10 Å².